The second kappa shape index (κ2) is 4.97. The van der Waals surface area contributed by atoms with Crippen LogP contribution in [0.15, 0.2) is 24.3 Å². The van der Waals surface area contributed by atoms with E-state index in [1.165, 1.54) is 0 Å². The molecule has 0 bridgehead atoms. The Morgan fingerprint density at radius 3 is 2.71 bits per heavy atom. The number of benzene rings is 1. The van der Waals surface area contributed by atoms with Crippen LogP contribution in [0.2, 0.25) is 0 Å². The van der Waals surface area contributed by atoms with Crippen LogP contribution < -0.4 is 0 Å². The predicted molar refractivity (Wildman–Crippen MR) is 52.6 cm³/mol. The molecule has 0 amide bonds. The number of halogens is 1. The molecule has 0 saturated heterocycles. The Bertz CT molecular complexity index is 348. The zero-order chi connectivity index (χ0) is 10.6. The van der Waals surface area contributed by atoms with Gasteiger partial charge in [0, 0.05) is 5.88 Å². The van der Waals surface area contributed by atoms with E-state index < -0.39 is 12.2 Å². The van der Waals surface area contributed by atoms with E-state index in [-0.39, 0.29) is 0 Å². The number of rotatable bonds is 3. The maximum absolute atomic E-state index is 9.49. The lowest BCUT2D eigenvalue weighted by atomic mass is 10.0. The number of aliphatic hydroxyl groups excluding tert-OH is 2. The average Bonchev–Trinajstić information content (AvgIpc) is 2.27. The summed E-state index contributed by atoms with van der Waals surface area (Å²) >= 11 is 5.61. The molecular weight excluding hydrogens is 202 g/mol. The molecule has 0 heterocycles. The quantitative estimate of drug-likeness (QED) is 0.586. The van der Waals surface area contributed by atoms with Crippen LogP contribution in [-0.4, -0.2) is 16.3 Å². The molecule has 0 aromatic heterocycles. The molecule has 74 valence electrons. The second-order valence-corrected chi connectivity index (χ2v) is 3.16. The molecule has 0 aliphatic carbocycles. The summed E-state index contributed by atoms with van der Waals surface area (Å²) in [6.07, 6.45) is -2.58. The maximum Gasteiger partial charge on any atom is 0.170 e. The van der Waals surface area contributed by atoms with E-state index in [2.05, 4.69) is 0 Å². The third-order valence-electron chi connectivity index (χ3n) is 1.88. The van der Waals surface area contributed by atoms with Crippen molar-refractivity contribution in [3.05, 3.63) is 35.4 Å². The van der Waals surface area contributed by atoms with E-state index in [0.717, 1.165) is 5.56 Å². The van der Waals surface area contributed by atoms with Crippen LogP contribution >= 0.6 is 11.6 Å². The van der Waals surface area contributed by atoms with Gasteiger partial charge in [-0.15, -0.1) is 11.6 Å². The average molecular weight is 212 g/mol. The summed E-state index contributed by atoms with van der Waals surface area (Å²) in [5, 5.41) is 27.0. The molecule has 4 heteroatoms. The van der Waals surface area contributed by atoms with E-state index in [1.807, 2.05) is 6.07 Å². The number of alkyl halides is 1. The highest BCUT2D eigenvalue weighted by molar-refractivity contribution is 6.17. The predicted octanol–water partition coefficient (Wildman–Crippen LogP) is 1.34. The third-order valence-corrected chi connectivity index (χ3v) is 2.19. The van der Waals surface area contributed by atoms with Crippen LogP contribution in [0.5, 0.6) is 0 Å². The molecule has 0 fully saturated rings. The van der Waals surface area contributed by atoms with Crippen molar-refractivity contribution in [2.45, 2.75) is 18.1 Å². The Balaban J connectivity index is 2.90. The molecule has 0 aliphatic heterocycles. The lowest BCUT2D eigenvalue weighted by Gasteiger charge is -2.12. The number of aliphatic hydroxyl groups is 2. The zero-order valence-corrected chi connectivity index (χ0v) is 8.15. The number of hydrogen-bond acceptors (Lipinski definition) is 3. The van der Waals surface area contributed by atoms with Crippen molar-refractivity contribution in [3.63, 3.8) is 0 Å². The summed E-state index contributed by atoms with van der Waals surface area (Å²) in [6.45, 7) is 0. The highest BCUT2D eigenvalue weighted by Gasteiger charge is 2.17. The lowest BCUT2D eigenvalue weighted by Crippen LogP contribution is -2.15. The second-order valence-electron chi connectivity index (χ2n) is 2.90. The lowest BCUT2D eigenvalue weighted by molar-refractivity contribution is 0.0527. The minimum absolute atomic E-state index is 0.337. The molecule has 1 aromatic carbocycles. The van der Waals surface area contributed by atoms with Gasteiger partial charge in [-0.1, -0.05) is 24.3 Å². The van der Waals surface area contributed by atoms with Gasteiger partial charge in [0.15, 0.2) is 6.10 Å². The van der Waals surface area contributed by atoms with Crippen molar-refractivity contribution >= 4 is 11.6 Å². The number of nitrogens with zero attached hydrogens (tertiary/aromatic N) is 1. The summed E-state index contributed by atoms with van der Waals surface area (Å²) in [6, 6.07) is 8.41. The maximum atomic E-state index is 9.49. The molecule has 0 radical (unpaired) electrons. The molecule has 2 unspecified atom stereocenters. The van der Waals surface area contributed by atoms with E-state index in [9.17, 15) is 5.11 Å². The Morgan fingerprint density at radius 1 is 1.43 bits per heavy atom. The minimum Gasteiger partial charge on any atom is -0.385 e. The molecule has 14 heavy (non-hydrogen) atoms. The third kappa shape index (κ3) is 2.46. The Morgan fingerprint density at radius 2 is 2.14 bits per heavy atom. The van der Waals surface area contributed by atoms with Gasteiger partial charge in [-0.25, -0.2) is 0 Å². The van der Waals surface area contributed by atoms with E-state index >= 15 is 0 Å². The molecule has 0 saturated carbocycles. The van der Waals surface area contributed by atoms with Crippen molar-refractivity contribution in [1.82, 2.24) is 0 Å². The van der Waals surface area contributed by atoms with Gasteiger partial charge in [0.25, 0.3) is 0 Å². The van der Waals surface area contributed by atoms with Crippen molar-refractivity contribution in [2.75, 3.05) is 0 Å². The molecule has 1 rings (SSSR count). The molecule has 0 aliphatic rings. The largest absolute Gasteiger partial charge is 0.385 e. The fourth-order valence-electron chi connectivity index (χ4n) is 1.11. The fourth-order valence-corrected chi connectivity index (χ4v) is 1.28. The highest BCUT2D eigenvalue weighted by Crippen LogP contribution is 2.18. The van der Waals surface area contributed by atoms with Crippen LogP contribution in [-0.2, 0) is 5.88 Å². The van der Waals surface area contributed by atoms with Gasteiger partial charge in [0.2, 0.25) is 0 Å². The first-order valence-corrected chi connectivity index (χ1v) is 4.63. The summed E-state index contributed by atoms with van der Waals surface area (Å²) in [7, 11) is 0. The van der Waals surface area contributed by atoms with Crippen LogP contribution in [0, 0.1) is 11.3 Å². The van der Waals surface area contributed by atoms with Gasteiger partial charge in [0.1, 0.15) is 6.10 Å². The Hall–Kier alpha value is -1.08. The van der Waals surface area contributed by atoms with Crippen LogP contribution in [0.3, 0.4) is 0 Å². The first-order valence-electron chi connectivity index (χ1n) is 4.09. The smallest absolute Gasteiger partial charge is 0.170 e. The number of nitriles is 1. The molecule has 3 nitrogen and oxygen atoms in total. The Kier molecular flexibility index (Phi) is 3.90. The summed E-state index contributed by atoms with van der Waals surface area (Å²) in [5.41, 5.74) is 1.34. The molecular formula is C10H10ClNO2. The molecule has 0 spiro atoms. The SMILES string of the molecule is N#CC(O)C(O)c1cccc(CCl)c1. The van der Waals surface area contributed by atoms with Crippen LogP contribution in [0.4, 0.5) is 0 Å². The van der Waals surface area contributed by atoms with Crippen LogP contribution in [0.1, 0.15) is 17.2 Å². The topological polar surface area (TPSA) is 64.2 Å². The van der Waals surface area contributed by atoms with E-state index in [4.69, 9.17) is 22.0 Å². The summed E-state index contributed by atoms with van der Waals surface area (Å²) in [5.74, 6) is 0.337. The van der Waals surface area contributed by atoms with Crippen molar-refractivity contribution < 1.29 is 10.2 Å². The molecule has 2 atom stereocenters. The fraction of sp³-hybridized carbons (Fsp3) is 0.300. The first kappa shape index (κ1) is 11.0. The summed E-state index contributed by atoms with van der Waals surface area (Å²) < 4.78 is 0. The monoisotopic (exact) mass is 211 g/mol. The van der Waals surface area contributed by atoms with E-state index in [0.29, 0.717) is 11.4 Å². The van der Waals surface area contributed by atoms with Crippen molar-refractivity contribution in [2.24, 2.45) is 0 Å². The molecule has 2 N–H and O–H groups in total. The molecule has 1 aromatic rings. The zero-order valence-electron chi connectivity index (χ0n) is 7.39. The highest BCUT2D eigenvalue weighted by atomic mass is 35.5. The van der Waals surface area contributed by atoms with Gasteiger partial charge < -0.3 is 10.2 Å². The summed E-state index contributed by atoms with van der Waals surface area (Å²) in [4.78, 5) is 0. The van der Waals surface area contributed by atoms with Crippen molar-refractivity contribution in [3.8, 4) is 6.07 Å². The van der Waals surface area contributed by atoms with Gasteiger partial charge in [-0.05, 0) is 11.1 Å². The minimum atomic E-state index is -1.40. The van der Waals surface area contributed by atoms with E-state index in [1.54, 1.807) is 24.3 Å². The standard InChI is InChI=1S/C10H10ClNO2/c11-5-7-2-1-3-8(4-7)10(14)9(13)6-12/h1-4,9-10,13-14H,5H2. The van der Waals surface area contributed by atoms with Gasteiger partial charge in [-0.2, -0.15) is 5.26 Å². The first-order chi connectivity index (χ1) is 6.69. The van der Waals surface area contributed by atoms with Crippen LogP contribution in [0.25, 0.3) is 0 Å². The normalized spacial score (nSPS) is 14.4. The van der Waals surface area contributed by atoms with Gasteiger partial charge in [-0.3, -0.25) is 0 Å². The van der Waals surface area contributed by atoms with Crippen molar-refractivity contribution in [1.29, 1.82) is 5.26 Å². The number of hydrogen-bond donors (Lipinski definition) is 2. The van der Waals surface area contributed by atoms with Gasteiger partial charge >= 0.3 is 0 Å². The Labute approximate surface area is 87.2 Å². The van der Waals surface area contributed by atoms with Gasteiger partial charge in [0.05, 0.1) is 6.07 Å².